The summed E-state index contributed by atoms with van der Waals surface area (Å²) in [6, 6.07) is 22.9. The minimum atomic E-state index is -0.290. The first-order chi connectivity index (χ1) is 16.6. The maximum atomic E-state index is 13.8. The van der Waals surface area contributed by atoms with E-state index in [0.717, 1.165) is 46.6 Å². The fourth-order valence-electron chi connectivity index (χ4n) is 4.96. The molecule has 168 valence electrons. The maximum Gasteiger partial charge on any atom is 0.271 e. The number of rotatable bonds is 3. The van der Waals surface area contributed by atoms with Crippen LogP contribution >= 0.6 is 11.3 Å². The first-order valence-electron chi connectivity index (χ1n) is 11.2. The van der Waals surface area contributed by atoms with Crippen molar-refractivity contribution in [3.05, 3.63) is 120 Å². The van der Waals surface area contributed by atoms with Crippen LogP contribution < -0.4 is 19.6 Å². The second-order valence-electron chi connectivity index (χ2n) is 8.45. The molecule has 6 heteroatoms. The molecule has 1 aliphatic carbocycles. The Morgan fingerprint density at radius 1 is 1.06 bits per heavy atom. The van der Waals surface area contributed by atoms with E-state index in [-0.39, 0.29) is 17.4 Å². The number of phenolic OH excluding ortho intramolecular Hbond substituents is 1. The van der Waals surface area contributed by atoms with E-state index < -0.39 is 0 Å². The third kappa shape index (κ3) is 3.30. The number of nitrogens with zero attached hydrogens (tertiary/aromatic N) is 2. The Morgan fingerprint density at radius 3 is 2.74 bits per heavy atom. The summed E-state index contributed by atoms with van der Waals surface area (Å²) in [4.78, 5) is 19.5. The lowest BCUT2D eigenvalue weighted by atomic mass is 9.83. The molecule has 0 amide bonds. The van der Waals surface area contributed by atoms with Crippen molar-refractivity contribution in [2.75, 3.05) is 7.11 Å². The molecule has 0 saturated heterocycles. The molecule has 0 saturated carbocycles. The Hall–Kier alpha value is -3.90. The fraction of sp³-hybridized carbons (Fsp3) is 0.143. The molecule has 1 atom stereocenters. The van der Waals surface area contributed by atoms with E-state index in [1.54, 1.807) is 25.3 Å². The number of para-hydroxylation sites is 1. The standard InChI is InChI=1S/C28H22N2O3S/c1-33-23-12-5-4-11-21(23)26-22-14-13-18-8-2-3-10-20(18)25(22)29-28-30(26)27(32)24(34-28)16-17-7-6-9-19(31)15-17/h2-12,15-16,26,31H,13-14H2,1H3/b24-16+/t26-/m0/s1. The van der Waals surface area contributed by atoms with Crippen molar-refractivity contribution in [1.82, 2.24) is 4.57 Å². The van der Waals surface area contributed by atoms with Gasteiger partial charge in [-0.05, 0) is 53.8 Å². The predicted molar refractivity (Wildman–Crippen MR) is 134 cm³/mol. The zero-order valence-corrected chi connectivity index (χ0v) is 19.4. The normalized spacial score (nSPS) is 17.0. The van der Waals surface area contributed by atoms with Crippen LogP contribution in [0.4, 0.5) is 0 Å². The van der Waals surface area contributed by atoms with Gasteiger partial charge in [0.05, 0.1) is 23.4 Å². The van der Waals surface area contributed by atoms with Crippen molar-refractivity contribution >= 4 is 23.1 Å². The van der Waals surface area contributed by atoms with E-state index in [1.165, 1.54) is 16.9 Å². The van der Waals surface area contributed by atoms with E-state index in [1.807, 2.05) is 47.0 Å². The third-order valence-electron chi connectivity index (χ3n) is 6.47. The highest BCUT2D eigenvalue weighted by Gasteiger charge is 2.33. The molecule has 1 aliphatic heterocycles. The Labute approximate surface area is 200 Å². The van der Waals surface area contributed by atoms with Crippen LogP contribution in [0.2, 0.25) is 0 Å². The molecule has 2 aliphatic rings. The number of hydrogen-bond acceptors (Lipinski definition) is 5. The minimum Gasteiger partial charge on any atom is -0.508 e. The molecule has 2 heterocycles. The Kier molecular flexibility index (Phi) is 4.96. The van der Waals surface area contributed by atoms with E-state index in [2.05, 4.69) is 18.2 Å². The Bertz CT molecular complexity index is 1640. The summed E-state index contributed by atoms with van der Waals surface area (Å²) in [5.41, 5.74) is 6.15. The summed E-state index contributed by atoms with van der Waals surface area (Å²) in [5, 5.41) is 9.87. The Morgan fingerprint density at radius 2 is 1.88 bits per heavy atom. The van der Waals surface area contributed by atoms with Crippen LogP contribution in [0.25, 0.3) is 11.8 Å². The number of benzene rings is 3. The lowest BCUT2D eigenvalue weighted by Gasteiger charge is -2.31. The summed E-state index contributed by atoms with van der Waals surface area (Å²) >= 11 is 1.38. The number of thiazole rings is 1. The molecule has 1 N–H and O–H groups in total. The summed E-state index contributed by atoms with van der Waals surface area (Å²) < 4.78 is 8.11. The van der Waals surface area contributed by atoms with Crippen LogP contribution in [0.3, 0.4) is 0 Å². The smallest absolute Gasteiger partial charge is 0.271 e. The van der Waals surface area contributed by atoms with Gasteiger partial charge >= 0.3 is 0 Å². The van der Waals surface area contributed by atoms with Crippen LogP contribution in [0.1, 0.15) is 34.7 Å². The molecule has 34 heavy (non-hydrogen) atoms. The van der Waals surface area contributed by atoms with Crippen molar-refractivity contribution in [1.29, 1.82) is 0 Å². The molecular weight excluding hydrogens is 444 g/mol. The molecule has 1 aromatic heterocycles. The molecule has 6 rings (SSSR count). The molecule has 0 bridgehead atoms. The number of hydrogen-bond donors (Lipinski definition) is 1. The molecule has 5 nitrogen and oxygen atoms in total. The zero-order valence-electron chi connectivity index (χ0n) is 18.6. The number of methoxy groups -OCH3 is 1. The second kappa shape index (κ2) is 8.15. The third-order valence-corrected chi connectivity index (χ3v) is 7.46. The van der Waals surface area contributed by atoms with Crippen molar-refractivity contribution in [2.45, 2.75) is 18.9 Å². The minimum absolute atomic E-state index is 0.0894. The highest BCUT2D eigenvalue weighted by molar-refractivity contribution is 7.07. The van der Waals surface area contributed by atoms with Crippen molar-refractivity contribution in [3.63, 3.8) is 0 Å². The van der Waals surface area contributed by atoms with Gasteiger partial charge in [-0.3, -0.25) is 9.36 Å². The average Bonchev–Trinajstić information content (AvgIpc) is 3.17. The van der Waals surface area contributed by atoms with Gasteiger partial charge < -0.3 is 9.84 Å². The summed E-state index contributed by atoms with van der Waals surface area (Å²) in [6.07, 6.45) is 3.55. The number of aromatic nitrogens is 1. The van der Waals surface area contributed by atoms with Gasteiger partial charge in [-0.25, -0.2) is 4.99 Å². The van der Waals surface area contributed by atoms with Crippen LogP contribution in [0.5, 0.6) is 11.5 Å². The highest BCUT2D eigenvalue weighted by atomic mass is 32.1. The number of allylic oxidation sites excluding steroid dienone is 1. The lowest BCUT2D eigenvalue weighted by Crippen LogP contribution is -2.38. The van der Waals surface area contributed by atoms with Crippen LogP contribution in [-0.4, -0.2) is 16.8 Å². The molecule has 0 unspecified atom stereocenters. The fourth-order valence-corrected chi connectivity index (χ4v) is 5.96. The van der Waals surface area contributed by atoms with Gasteiger partial charge in [0, 0.05) is 11.1 Å². The summed E-state index contributed by atoms with van der Waals surface area (Å²) in [6.45, 7) is 0. The summed E-state index contributed by atoms with van der Waals surface area (Å²) in [7, 11) is 1.66. The van der Waals surface area contributed by atoms with Crippen molar-refractivity contribution in [3.8, 4) is 11.5 Å². The number of aromatic hydroxyl groups is 1. The van der Waals surface area contributed by atoms with Crippen LogP contribution in [0, 0.1) is 0 Å². The van der Waals surface area contributed by atoms with Gasteiger partial charge in [0.2, 0.25) is 0 Å². The first kappa shape index (κ1) is 20.7. The SMILES string of the molecule is COc1ccccc1[C@H]1C2=C(N=c3s/c(=C/c4cccc(O)c4)c(=O)n31)c1ccccc1CC2. The van der Waals surface area contributed by atoms with Gasteiger partial charge in [-0.2, -0.15) is 0 Å². The van der Waals surface area contributed by atoms with E-state index in [4.69, 9.17) is 9.73 Å². The van der Waals surface area contributed by atoms with Gasteiger partial charge in [0.15, 0.2) is 4.80 Å². The molecular formula is C28H22N2O3S. The molecule has 4 aromatic rings. The van der Waals surface area contributed by atoms with Gasteiger partial charge in [-0.1, -0.05) is 65.9 Å². The van der Waals surface area contributed by atoms with Crippen LogP contribution in [0.15, 0.2) is 88.2 Å². The number of phenols is 1. The van der Waals surface area contributed by atoms with Gasteiger partial charge in [-0.15, -0.1) is 0 Å². The van der Waals surface area contributed by atoms with Crippen molar-refractivity contribution in [2.24, 2.45) is 4.99 Å². The van der Waals surface area contributed by atoms with Crippen LogP contribution in [-0.2, 0) is 6.42 Å². The zero-order chi connectivity index (χ0) is 23.2. The van der Waals surface area contributed by atoms with E-state index in [9.17, 15) is 9.90 Å². The van der Waals surface area contributed by atoms with Gasteiger partial charge in [0.25, 0.3) is 5.56 Å². The number of aryl methyl sites for hydroxylation is 1. The highest BCUT2D eigenvalue weighted by Crippen LogP contribution is 2.43. The molecule has 3 aromatic carbocycles. The topological polar surface area (TPSA) is 63.8 Å². The first-order valence-corrected chi connectivity index (χ1v) is 12.0. The predicted octanol–water partition coefficient (Wildman–Crippen LogP) is 4.03. The molecule has 0 spiro atoms. The average molecular weight is 467 g/mol. The second-order valence-corrected chi connectivity index (χ2v) is 9.46. The quantitative estimate of drug-likeness (QED) is 0.496. The van der Waals surface area contributed by atoms with E-state index >= 15 is 0 Å². The largest absolute Gasteiger partial charge is 0.508 e. The monoisotopic (exact) mass is 466 g/mol. The summed E-state index contributed by atoms with van der Waals surface area (Å²) in [5.74, 6) is 0.920. The van der Waals surface area contributed by atoms with Crippen molar-refractivity contribution < 1.29 is 9.84 Å². The Balaban J connectivity index is 1.65. The van der Waals surface area contributed by atoms with E-state index in [0.29, 0.717) is 9.33 Å². The lowest BCUT2D eigenvalue weighted by molar-refractivity contribution is 0.402. The van der Waals surface area contributed by atoms with Gasteiger partial charge in [0.1, 0.15) is 11.5 Å². The maximum absolute atomic E-state index is 13.8. The number of ether oxygens (including phenoxy) is 1. The molecule has 0 radical (unpaired) electrons. The number of fused-ring (bicyclic) bond motifs is 3. The molecule has 0 fully saturated rings.